The van der Waals surface area contributed by atoms with Crippen molar-refractivity contribution in [3.05, 3.63) is 29.3 Å². The summed E-state index contributed by atoms with van der Waals surface area (Å²) in [5.41, 5.74) is 1.48. The van der Waals surface area contributed by atoms with Gasteiger partial charge >= 0.3 is 0 Å². The minimum absolute atomic E-state index is 0.282. The van der Waals surface area contributed by atoms with Crippen molar-refractivity contribution in [3.8, 4) is 5.75 Å². The summed E-state index contributed by atoms with van der Waals surface area (Å²) in [5.74, 6) is 0.817. The summed E-state index contributed by atoms with van der Waals surface area (Å²) in [6, 6.07) is 6.50. The number of hydrogen-bond acceptors (Lipinski definition) is 4. The predicted molar refractivity (Wildman–Crippen MR) is 90.9 cm³/mol. The number of rotatable bonds is 4. The number of ether oxygens (including phenoxy) is 2. The molecule has 1 fully saturated rings. The Morgan fingerprint density at radius 3 is 2.74 bits per heavy atom. The first-order valence-electron chi connectivity index (χ1n) is 8.79. The largest absolute Gasteiger partial charge is 0.497 e. The van der Waals surface area contributed by atoms with Gasteiger partial charge in [-0.05, 0) is 69.2 Å². The van der Waals surface area contributed by atoms with Gasteiger partial charge in [-0.15, -0.1) is 0 Å². The highest BCUT2D eigenvalue weighted by Crippen LogP contribution is 2.37. The smallest absolute Gasteiger partial charge is 0.119 e. The fourth-order valence-corrected chi connectivity index (χ4v) is 4.11. The summed E-state index contributed by atoms with van der Waals surface area (Å²) in [5, 5.41) is 14.9. The second kappa shape index (κ2) is 6.80. The molecule has 128 valence electrons. The summed E-state index contributed by atoms with van der Waals surface area (Å²) in [4.78, 5) is 0. The van der Waals surface area contributed by atoms with E-state index in [2.05, 4.69) is 25.2 Å². The van der Waals surface area contributed by atoms with Gasteiger partial charge in [0.2, 0.25) is 0 Å². The van der Waals surface area contributed by atoms with E-state index in [0.717, 1.165) is 43.4 Å². The van der Waals surface area contributed by atoms with Crippen molar-refractivity contribution in [1.29, 1.82) is 0 Å². The van der Waals surface area contributed by atoms with Crippen LogP contribution in [0.1, 0.15) is 50.7 Å². The highest BCUT2D eigenvalue weighted by molar-refractivity contribution is 5.41. The Kier molecular flexibility index (Phi) is 4.95. The summed E-state index contributed by atoms with van der Waals surface area (Å²) in [6.07, 6.45) is 5.44. The summed E-state index contributed by atoms with van der Waals surface area (Å²) < 4.78 is 11.1. The molecule has 0 saturated carbocycles. The average Bonchev–Trinajstić information content (AvgIpc) is 2.52. The van der Waals surface area contributed by atoms with E-state index in [1.807, 2.05) is 12.1 Å². The first-order valence-corrected chi connectivity index (χ1v) is 8.79. The maximum absolute atomic E-state index is 11.3. The van der Waals surface area contributed by atoms with E-state index in [9.17, 15) is 5.11 Å². The Labute approximate surface area is 139 Å². The van der Waals surface area contributed by atoms with Crippen LogP contribution in [0.4, 0.5) is 0 Å². The van der Waals surface area contributed by atoms with Crippen LogP contribution >= 0.6 is 0 Å². The Morgan fingerprint density at radius 2 is 2.04 bits per heavy atom. The zero-order valence-corrected chi connectivity index (χ0v) is 14.5. The van der Waals surface area contributed by atoms with Gasteiger partial charge in [-0.2, -0.15) is 0 Å². The van der Waals surface area contributed by atoms with E-state index in [4.69, 9.17) is 9.47 Å². The molecular weight excluding hydrogens is 290 g/mol. The fraction of sp³-hybridized carbons (Fsp3) is 0.684. The summed E-state index contributed by atoms with van der Waals surface area (Å²) in [7, 11) is 1.67. The lowest BCUT2D eigenvalue weighted by atomic mass is 9.78. The molecule has 1 saturated heterocycles. The van der Waals surface area contributed by atoms with E-state index in [0.29, 0.717) is 12.6 Å². The van der Waals surface area contributed by atoms with Crippen molar-refractivity contribution < 1.29 is 14.6 Å². The first-order chi connectivity index (χ1) is 11.0. The number of fused-ring (bicyclic) bond motifs is 1. The number of hydrogen-bond donors (Lipinski definition) is 2. The highest BCUT2D eigenvalue weighted by atomic mass is 16.5. The van der Waals surface area contributed by atoms with Crippen LogP contribution in [0, 0.1) is 0 Å². The van der Waals surface area contributed by atoms with Crippen LogP contribution in [0.15, 0.2) is 18.2 Å². The molecule has 1 aliphatic heterocycles. The normalized spacial score (nSPS) is 34.0. The molecule has 1 aromatic rings. The van der Waals surface area contributed by atoms with Gasteiger partial charge in [-0.25, -0.2) is 0 Å². The molecule has 4 atom stereocenters. The van der Waals surface area contributed by atoms with Gasteiger partial charge in [-0.1, -0.05) is 6.07 Å². The van der Waals surface area contributed by atoms with Crippen molar-refractivity contribution in [2.75, 3.05) is 13.7 Å². The van der Waals surface area contributed by atoms with E-state index in [1.54, 1.807) is 7.11 Å². The molecule has 1 aromatic carbocycles. The number of aliphatic hydroxyl groups is 1. The third-order valence-electron chi connectivity index (χ3n) is 5.24. The highest BCUT2D eigenvalue weighted by Gasteiger charge is 2.36. The molecule has 0 bridgehead atoms. The number of benzene rings is 1. The SMILES string of the molecule is COc1ccc2c(c1)[C@](O)(CNC1C[C@@H](C)O[C@@H](C)C1)CCC2. The van der Waals surface area contributed by atoms with E-state index in [-0.39, 0.29) is 12.2 Å². The quantitative estimate of drug-likeness (QED) is 0.896. The Hall–Kier alpha value is -1.10. The van der Waals surface area contributed by atoms with Crippen molar-refractivity contribution in [2.45, 2.75) is 69.8 Å². The van der Waals surface area contributed by atoms with Gasteiger partial charge in [0, 0.05) is 12.6 Å². The van der Waals surface area contributed by atoms with E-state index < -0.39 is 5.60 Å². The van der Waals surface area contributed by atoms with Crippen molar-refractivity contribution in [2.24, 2.45) is 0 Å². The van der Waals surface area contributed by atoms with Crippen molar-refractivity contribution in [3.63, 3.8) is 0 Å². The minimum atomic E-state index is -0.799. The molecule has 1 unspecified atom stereocenters. The molecule has 3 rings (SSSR count). The molecule has 0 radical (unpaired) electrons. The van der Waals surface area contributed by atoms with E-state index in [1.165, 1.54) is 5.56 Å². The first kappa shape index (κ1) is 16.7. The van der Waals surface area contributed by atoms with Gasteiger partial charge in [-0.3, -0.25) is 0 Å². The molecule has 2 aliphatic rings. The maximum Gasteiger partial charge on any atom is 0.119 e. The second-order valence-corrected chi connectivity index (χ2v) is 7.21. The molecule has 0 spiro atoms. The Morgan fingerprint density at radius 1 is 1.30 bits per heavy atom. The lowest BCUT2D eigenvalue weighted by molar-refractivity contribution is -0.0487. The predicted octanol–water partition coefficient (Wildman–Crippen LogP) is 2.76. The van der Waals surface area contributed by atoms with Crippen LogP contribution in [0.2, 0.25) is 0 Å². The second-order valence-electron chi connectivity index (χ2n) is 7.21. The lowest BCUT2D eigenvalue weighted by Crippen LogP contribution is -2.48. The molecule has 1 aliphatic carbocycles. The molecule has 0 aromatic heterocycles. The maximum atomic E-state index is 11.3. The van der Waals surface area contributed by atoms with E-state index >= 15 is 0 Å². The summed E-state index contributed by atoms with van der Waals surface area (Å²) in [6.45, 7) is 4.84. The molecule has 0 amide bonds. The molecular formula is C19H29NO3. The Bertz CT molecular complexity index is 537. The van der Waals surface area contributed by atoms with Crippen LogP contribution in [0.25, 0.3) is 0 Å². The van der Waals surface area contributed by atoms with Gasteiger partial charge < -0.3 is 19.9 Å². The van der Waals surface area contributed by atoms with Gasteiger partial charge in [0.05, 0.1) is 19.3 Å². The van der Waals surface area contributed by atoms with Crippen LogP contribution in [-0.2, 0) is 16.8 Å². The molecule has 23 heavy (non-hydrogen) atoms. The molecule has 2 N–H and O–H groups in total. The average molecular weight is 319 g/mol. The summed E-state index contributed by atoms with van der Waals surface area (Å²) >= 11 is 0. The van der Waals surface area contributed by atoms with Crippen molar-refractivity contribution >= 4 is 0 Å². The van der Waals surface area contributed by atoms with Crippen molar-refractivity contribution in [1.82, 2.24) is 5.32 Å². The molecule has 4 heteroatoms. The van der Waals surface area contributed by atoms with Gasteiger partial charge in [0.25, 0.3) is 0 Å². The van der Waals surface area contributed by atoms with Crippen LogP contribution in [-0.4, -0.2) is 37.0 Å². The van der Waals surface area contributed by atoms with Gasteiger partial charge in [0.15, 0.2) is 0 Å². The number of nitrogens with one attached hydrogen (secondary N) is 1. The van der Waals surface area contributed by atoms with Crippen LogP contribution in [0.3, 0.4) is 0 Å². The Balaban J connectivity index is 1.72. The zero-order valence-electron chi connectivity index (χ0n) is 14.5. The number of methoxy groups -OCH3 is 1. The standard InChI is InChI=1S/C19H29NO3/c1-13-9-16(10-14(2)23-13)20-12-19(21)8-4-5-15-6-7-17(22-3)11-18(15)19/h6-7,11,13-14,16,20-21H,4-5,8-10,12H2,1-3H3/t13-,14+,16?,19-/m1/s1. The monoisotopic (exact) mass is 319 g/mol. The molecule has 4 nitrogen and oxygen atoms in total. The third-order valence-corrected chi connectivity index (χ3v) is 5.24. The zero-order chi connectivity index (χ0) is 16.4. The third kappa shape index (κ3) is 3.70. The van der Waals surface area contributed by atoms with Crippen LogP contribution in [0.5, 0.6) is 5.75 Å². The topological polar surface area (TPSA) is 50.7 Å². The lowest BCUT2D eigenvalue weighted by Gasteiger charge is -2.38. The number of aryl methyl sites for hydroxylation is 1. The van der Waals surface area contributed by atoms with Crippen LogP contribution < -0.4 is 10.1 Å². The fourth-order valence-electron chi connectivity index (χ4n) is 4.11. The molecule has 1 heterocycles. The van der Waals surface area contributed by atoms with Gasteiger partial charge in [0.1, 0.15) is 11.4 Å². The minimum Gasteiger partial charge on any atom is -0.497 e.